The number of aryl methyl sites for hydroxylation is 1. The molecule has 0 amide bonds. The first-order valence-corrected chi connectivity index (χ1v) is 4.78. The molecule has 0 aliphatic heterocycles. The normalized spacial score (nSPS) is 10.5. The van der Waals surface area contributed by atoms with E-state index < -0.39 is 0 Å². The van der Waals surface area contributed by atoms with Gasteiger partial charge in [-0.15, -0.1) is 11.3 Å². The fourth-order valence-electron chi connectivity index (χ4n) is 1.40. The van der Waals surface area contributed by atoms with Crippen molar-refractivity contribution in [2.45, 2.75) is 6.92 Å². The van der Waals surface area contributed by atoms with Crippen molar-refractivity contribution in [3.8, 4) is 0 Å². The molecular formula is C10H9NOS. The summed E-state index contributed by atoms with van der Waals surface area (Å²) in [6.07, 6.45) is 0.896. The summed E-state index contributed by atoms with van der Waals surface area (Å²) in [6.45, 7) is 1.95. The summed E-state index contributed by atoms with van der Waals surface area (Å²) in [6, 6.07) is 5.66. The number of nitrogen functional groups attached to an aromatic ring is 1. The number of rotatable bonds is 1. The number of aldehydes is 1. The predicted octanol–water partition coefficient (Wildman–Crippen LogP) is 2.60. The monoisotopic (exact) mass is 191 g/mol. The van der Waals surface area contributed by atoms with Crippen molar-refractivity contribution >= 4 is 33.4 Å². The minimum Gasteiger partial charge on any atom is -0.399 e. The van der Waals surface area contributed by atoms with Crippen LogP contribution in [0.3, 0.4) is 0 Å². The summed E-state index contributed by atoms with van der Waals surface area (Å²) in [4.78, 5) is 11.8. The Morgan fingerprint density at radius 3 is 2.92 bits per heavy atom. The molecule has 2 aromatic rings. The molecule has 0 aliphatic carbocycles. The molecule has 0 aliphatic rings. The molecule has 13 heavy (non-hydrogen) atoms. The second-order valence-corrected chi connectivity index (χ2v) is 4.20. The van der Waals surface area contributed by atoms with E-state index >= 15 is 0 Å². The smallest absolute Gasteiger partial charge is 0.151 e. The Labute approximate surface area is 80.0 Å². The Morgan fingerprint density at radius 2 is 2.23 bits per heavy atom. The molecule has 0 atom stereocenters. The van der Waals surface area contributed by atoms with Crippen LogP contribution in [0.25, 0.3) is 10.1 Å². The van der Waals surface area contributed by atoms with Crippen molar-refractivity contribution < 1.29 is 4.79 Å². The molecule has 2 nitrogen and oxygen atoms in total. The van der Waals surface area contributed by atoms with Crippen molar-refractivity contribution in [1.29, 1.82) is 0 Å². The van der Waals surface area contributed by atoms with Crippen molar-refractivity contribution in [2.75, 3.05) is 5.73 Å². The number of fused-ring (bicyclic) bond motifs is 1. The van der Waals surface area contributed by atoms with E-state index in [9.17, 15) is 4.79 Å². The Bertz CT molecular complexity index is 473. The first-order chi connectivity index (χ1) is 6.22. The zero-order chi connectivity index (χ0) is 9.42. The zero-order valence-corrected chi connectivity index (χ0v) is 8.02. The number of thiophene rings is 1. The molecule has 2 rings (SSSR count). The molecule has 0 spiro atoms. The molecule has 66 valence electrons. The summed E-state index contributed by atoms with van der Waals surface area (Å²) in [5.74, 6) is 0. The van der Waals surface area contributed by atoms with Crippen LogP contribution in [0, 0.1) is 6.92 Å². The lowest BCUT2D eigenvalue weighted by Gasteiger charge is -1.93. The van der Waals surface area contributed by atoms with Gasteiger partial charge in [0.05, 0.1) is 0 Å². The Hall–Kier alpha value is -1.35. The van der Waals surface area contributed by atoms with Crippen LogP contribution in [0.4, 0.5) is 5.69 Å². The first-order valence-electron chi connectivity index (χ1n) is 3.96. The standard InChI is InChI=1S/C10H9NOS/c1-6-9(5-12)8-4-7(11)2-3-10(8)13-6/h2-5H,11H2,1H3. The minimum absolute atomic E-state index is 0.702. The van der Waals surface area contributed by atoms with Crippen LogP contribution in [-0.4, -0.2) is 6.29 Å². The van der Waals surface area contributed by atoms with Crippen LogP contribution in [0.1, 0.15) is 15.2 Å². The maximum atomic E-state index is 10.8. The fourth-order valence-corrected chi connectivity index (χ4v) is 2.42. The zero-order valence-electron chi connectivity index (χ0n) is 7.20. The van der Waals surface area contributed by atoms with Gasteiger partial charge in [-0.3, -0.25) is 4.79 Å². The Kier molecular flexibility index (Phi) is 1.81. The molecule has 0 unspecified atom stereocenters. The molecule has 0 radical (unpaired) electrons. The van der Waals surface area contributed by atoms with E-state index in [-0.39, 0.29) is 0 Å². The number of hydrogen-bond donors (Lipinski definition) is 1. The summed E-state index contributed by atoms with van der Waals surface area (Å²) in [5.41, 5.74) is 7.12. The second kappa shape index (κ2) is 2.85. The van der Waals surface area contributed by atoms with E-state index in [0.717, 1.165) is 26.8 Å². The van der Waals surface area contributed by atoms with Crippen molar-refractivity contribution in [3.05, 3.63) is 28.6 Å². The van der Waals surface area contributed by atoms with Gasteiger partial charge in [0.1, 0.15) is 0 Å². The van der Waals surface area contributed by atoms with E-state index in [1.54, 1.807) is 11.3 Å². The first kappa shape index (κ1) is 8.26. The van der Waals surface area contributed by atoms with Crippen LogP contribution < -0.4 is 5.73 Å². The lowest BCUT2D eigenvalue weighted by atomic mass is 10.1. The maximum absolute atomic E-state index is 10.8. The van der Waals surface area contributed by atoms with E-state index in [1.807, 2.05) is 25.1 Å². The van der Waals surface area contributed by atoms with Crippen molar-refractivity contribution in [2.24, 2.45) is 0 Å². The molecule has 1 aromatic carbocycles. The number of hydrogen-bond acceptors (Lipinski definition) is 3. The fraction of sp³-hybridized carbons (Fsp3) is 0.100. The van der Waals surface area contributed by atoms with Crippen LogP contribution in [0.2, 0.25) is 0 Å². The second-order valence-electron chi connectivity index (χ2n) is 2.95. The highest BCUT2D eigenvalue weighted by Crippen LogP contribution is 2.30. The van der Waals surface area contributed by atoms with Gasteiger partial charge in [0.15, 0.2) is 6.29 Å². The highest BCUT2D eigenvalue weighted by molar-refractivity contribution is 7.19. The van der Waals surface area contributed by atoms with Crippen molar-refractivity contribution in [1.82, 2.24) is 0 Å². The summed E-state index contributed by atoms with van der Waals surface area (Å²) < 4.78 is 1.12. The van der Waals surface area contributed by atoms with Crippen LogP contribution in [0.5, 0.6) is 0 Å². The molecular weight excluding hydrogens is 182 g/mol. The Morgan fingerprint density at radius 1 is 1.46 bits per heavy atom. The van der Waals surface area contributed by atoms with E-state index in [4.69, 9.17) is 5.73 Å². The third-order valence-electron chi connectivity index (χ3n) is 2.05. The number of benzene rings is 1. The molecule has 2 N–H and O–H groups in total. The van der Waals surface area contributed by atoms with Crippen LogP contribution >= 0.6 is 11.3 Å². The average Bonchev–Trinajstić information content (AvgIpc) is 2.40. The Balaban J connectivity index is 2.88. The average molecular weight is 191 g/mol. The highest BCUT2D eigenvalue weighted by Gasteiger charge is 2.07. The number of carbonyl (C=O) groups is 1. The largest absolute Gasteiger partial charge is 0.399 e. The van der Waals surface area contributed by atoms with Gasteiger partial charge in [-0.1, -0.05) is 0 Å². The third-order valence-corrected chi connectivity index (χ3v) is 3.16. The van der Waals surface area contributed by atoms with E-state index in [0.29, 0.717) is 5.69 Å². The molecule has 0 bridgehead atoms. The van der Waals surface area contributed by atoms with Gasteiger partial charge in [-0.25, -0.2) is 0 Å². The van der Waals surface area contributed by atoms with Crippen molar-refractivity contribution in [3.63, 3.8) is 0 Å². The van der Waals surface area contributed by atoms with Gasteiger partial charge in [0.2, 0.25) is 0 Å². The van der Waals surface area contributed by atoms with Crippen LogP contribution in [-0.2, 0) is 0 Å². The van der Waals surface area contributed by atoms with E-state index in [1.165, 1.54) is 0 Å². The number of nitrogens with two attached hydrogens (primary N) is 1. The molecule has 0 fully saturated rings. The minimum atomic E-state index is 0.702. The predicted molar refractivity (Wildman–Crippen MR) is 56.4 cm³/mol. The number of carbonyl (C=O) groups excluding carboxylic acids is 1. The van der Waals surface area contributed by atoms with Crippen LogP contribution in [0.15, 0.2) is 18.2 Å². The van der Waals surface area contributed by atoms with Gasteiger partial charge in [0, 0.05) is 26.2 Å². The van der Waals surface area contributed by atoms with E-state index in [2.05, 4.69) is 0 Å². The molecule has 1 aromatic heterocycles. The van der Waals surface area contributed by atoms with Gasteiger partial charge >= 0.3 is 0 Å². The molecule has 0 saturated carbocycles. The summed E-state index contributed by atoms with van der Waals surface area (Å²) in [5, 5.41) is 0.970. The van der Waals surface area contributed by atoms with Gasteiger partial charge in [-0.2, -0.15) is 0 Å². The third kappa shape index (κ3) is 1.21. The molecule has 0 saturated heterocycles. The lowest BCUT2D eigenvalue weighted by Crippen LogP contribution is -1.84. The quantitative estimate of drug-likeness (QED) is 0.556. The summed E-state index contributed by atoms with van der Waals surface area (Å²) >= 11 is 1.63. The summed E-state index contributed by atoms with van der Waals surface area (Å²) in [7, 11) is 0. The maximum Gasteiger partial charge on any atom is 0.151 e. The SMILES string of the molecule is Cc1sc2ccc(N)cc2c1C=O. The topological polar surface area (TPSA) is 43.1 Å². The van der Waals surface area contributed by atoms with Gasteiger partial charge in [0.25, 0.3) is 0 Å². The molecule has 3 heteroatoms. The number of anilines is 1. The van der Waals surface area contributed by atoms with Gasteiger partial charge in [-0.05, 0) is 25.1 Å². The van der Waals surface area contributed by atoms with Gasteiger partial charge < -0.3 is 5.73 Å². The lowest BCUT2D eigenvalue weighted by molar-refractivity contribution is 0.112. The molecule has 1 heterocycles. The highest BCUT2D eigenvalue weighted by atomic mass is 32.1.